The average Bonchev–Trinajstić information content (AvgIpc) is 2.81. The first-order valence-electron chi connectivity index (χ1n) is 11.6. The summed E-state index contributed by atoms with van der Waals surface area (Å²) < 4.78 is 6.31. The van der Waals surface area contributed by atoms with E-state index in [0.717, 1.165) is 25.9 Å². The molecule has 5 nitrogen and oxygen atoms in total. The van der Waals surface area contributed by atoms with E-state index in [1.165, 1.54) is 5.56 Å². The van der Waals surface area contributed by atoms with E-state index in [-0.39, 0.29) is 41.3 Å². The normalized spacial score (nSPS) is 23.1. The highest BCUT2D eigenvalue weighted by Crippen LogP contribution is 2.55. The Balaban J connectivity index is 0.00000324. The van der Waals surface area contributed by atoms with Crippen molar-refractivity contribution >= 4 is 29.9 Å². The third-order valence-electron chi connectivity index (χ3n) is 7.41. The maximum Gasteiger partial charge on any atom is 0.251 e. The number of halogens is 2. The Labute approximate surface area is 213 Å². The van der Waals surface area contributed by atoms with Gasteiger partial charge in [0.15, 0.2) is 0 Å². The van der Waals surface area contributed by atoms with Gasteiger partial charge in [0.1, 0.15) is 17.9 Å². The minimum Gasteiger partial charge on any atom is -0.489 e. The van der Waals surface area contributed by atoms with E-state index in [2.05, 4.69) is 56.5 Å². The van der Waals surface area contributed by atoms with E-state index in [1.807, 2.05) is 12.1 Å². The molecule has 1 saturated carbocycles. The summed E-state index contributed by atoms with van der Waals surface area (Å²) in [6, 6.07) is 15.2. The van der Waals surface area contributed by atoms with Crippen molar-refractivity contribution in [3.63, 3.8) is 0 Å². The van der Waals surface area contributed by atoms with Crippen LogP contribution in [0.4, 0.5) is 0 Å². The Morgan fingerprint density at radius 3 is 2.26 bits per heavy atom. The third kappa shape index (κ3) is 4.91. The number of hydrogen-bond donors (Lipinski definition) is 2. The van der Waals surface area contributed by atoms with Gasteiger partial charge >= 0.3 is 0 Å². The molecular formula is C27H33Cl2N3O2. The largest absolute Gasteiger partial charge is 0.489 e. The predicted octanol–water partition coefficient (Wildman–Crippen LogP) is 5.71. The van der Waals surface area contributed by atoms with Crippen LogP contribution in [0, 0.1) is 22.2 Å². The molecule has 2 aromatic carbocycles. The summed E-state index contributed by atoms with van der Waals surface area (Å²) >= 11 is 6.18. The van der Waals surface area contributed by atoms with Crippen molar-refractivity contribution in [3.8, 4) is 11.8 Å². The second-order valence-electron chi connectivity index (χ2n) is 10.4. The monoisotopic (exact) mass is 501 g/mol. The van der Waals surface area contributed by atoms with Gasteiger partial charge in [0.2, 0.25) is 0 Å². The van der Waals surface area contributed by atoms with Gasteiger partial charge < -0.3 is 15.4 Å². The van der Waals surface area contributed by atoms with Crippen LogP contribution in [0.1, 0.15) is 67.9 Å². The number of nitrogens with zero attached hydrogens (tertiary/aromatic N) is 1. The zero-order chi connectivity index (χ0) is 23.8. The molecule has 0 unspecified atom stereocenters. The summed E-state index contributed by atoms with van der Waals surface area (Å²) in [6.45, 7) is 10.5. The third-order valence-corrected chi connectivity index (χ3v) is 7.73. The van der Waals surface area contributed by atoms with Crippen molar-refractivity contribution in [1.29, 1.82) is 5.26 Å². The van der Waals surface area contributed by atoms with Crippen LogP contribution in [0.3, 0.4) is 0 Å². The molecule has 1 aliphatic carbocycles. The summed E-state index contributed by atoms with van der Waals surface area (Å²) in [7, 11) is 0. The molecule has 2 aromatic rings. The molecule has 0 radical (unpaired) electrons. The Morgan fingerprint density at radius 1 is 1.09 bits per heavy atom. The lowest BCUT2D eigenvalue weighted by Crippen LogP contribution is -2.74. The SMILES string of the molecule is CC1(C)[C@H](NC(=O)c2ccc(C3CCNCC3)cc2)C(C)(C)[C@H]1Oc1ccc(C#N)c(Cl)c1.Cl. The van der Waals surface area contributed by atoms with Crippen LogP contribution in [-0.2, 0) is 0 Å². The molecule has 1 heterocycles. The number of amides is 1. The quantitative estimate of drug-likeness (QED) is 0.549. The molecule has 0 atom stereocenters. The molecule has 0 bridgehead atoms. The summed E-state index contributed by atoms with van der Waals surface area (Å²) in [5.41, 5.74) is 1.85. The zero-order valence-corrected chi connectivity index (χ0v) is 21.7. The van der Waals surface area contributed by atoms with Gasteiger partial charge in [-0.3, -0.25) is 4.79 Å². The Kier molecular flexibility index (Phi) is 7.87. The summed E-state index contributed by atoms with van der Waals surface area (Å²) in [6.07, 6.45) is 2.16. The number of benzene rings is 2. The first-order chi connectivity index (χ1) is 15.6. The Morgan fingerprint density at radius 2 is 1.71 bits per heavy atom. The van der Waals surface area contributed by atoms with Crippen LogP contribution >= 0.6 is 24.0 Å². The highest BCUT2D eigenvalue weighted by atomic mass is 35.5. The van der Waals surface area contributed by atoms with E-state index in [0.29, 0.717) is 27.8 Å². The minimum atomic E-state index is -0.283. The number of nitrogens with one attached hydrogen (secondary N) is 2. The van der Waals surface area contributed by atoms with E-state index in [1.54, 1.807) is 18.2 Å². The van der Waals surface area contributed by atoms with Gasteiger partial charge in [-0.25, -0.2) is 0 Å². The van der Waals surface area contributed by atoms with Crippen LogP contribution in [0.15, 0.2) is 42.5 Å². The molecule has 2 fully saturated rings. The second kappa shape index (κ2) is 10.2. The topological polar surface area (TPSA) is 74.2 Å². The molecule has 0 spiro atoms. The van der Waals surface area contributed by atoms with Crippen molar-refractivity contribution in [2.75, 3.05) is 13.1 Å². The van der Waals surface area contributed by atoms with Crippen molar-refractivity contribution in [2.45, 2.75) is 58.6 Å². The highest BCUT2D eigenvalue weighted by Gasteiger charge is 2.64. The maximum atomic E-state index is 13.1. The fourth-order valence-corrected chi connectivity index (χ4v) is 6.08. The molecule has 7 heteroatoms. The summed E-state index contributed by atoms with van der Waals surface area (Å²) in [5.74, 6) is 1.14. The van der Waals surface area contributed by atoms with Crippen LogP contribution in [0.2, 0.25) is 5.02 Å². The maximum absolute atomic E-state index is 13.1. The van der Waals surface area contributed by atoms with Crippen molar-refractivity contribution < 1.29 is 9.53 Å². The fraction of sp³-hybridized carbons (Fsp3) is 0.481. The Hall–Kier alpha value is -2.26. The van der Waals surface area contributed by atoms with Gasteiger partial charge in [0.05, 0.1) is 10.6 Å². The number of rotatable bonds is 5. The number of nitriles is 1. The first-order valence-corrected chi connectivity index (χ1v) is 12.0. The average molecular weight is 502 g/mol. The first kappa shape index (κ1) is 26.3. The highest BCUT2D eigenvalue weighted by molar-refractivity contribution is 6.31. The molecule has 182 valence electrons. The smallest absolute Gasteiger partial charge is 0.251 e. The molecule has 1 aliphatic heterocycles. The van der Waals surface area contributed by atoms with Gasteiger partial charge in [0, 0.05) is 28.5 Å². The van der Waals surface area contributed by atoms with Crippen molar-refractivity contribution in [1.82, 2.24) is 10.6 Å². The van der Waals surface area contributed by atoms with Crippen LogP contribution in [0.5, 0.6) is 5.75 Å². The van der Waals surface area contributed by atoms with E-state index >= 15 is 0 Å². The van der Waals surface area contributed by atoms with Gasteiger partial charge in [-0.1, -0.05) is 51.4 Å². The van der Waals surface area contributed by atoms with Crippen LogP contribution in [0.25, 0.3) is 0 Å². The van der Waals surface area contributed by atoms with Gasteiger partial charge in [-0.15, -0.1) is 12.4 Å². The van der Waals surface area contributed by atoms with Crippen LogP contribution < -0.4 is 15.4 Å². The van der Waals surface area contributed by atoms with E-state index in [9.17, 15) is 4.79 Å². The molecule has 2 aliphatic rings. The predicted molar refractivity (Wildman–Crippen MR) is 138 cm³/mol. The van der Waals surface area contributed by atoms with Gasteiger partial charge in [-0.05, 0) is 61.7 Å². The lowest BCUT2D eigenvalue weighted by atomic mass is 9.49. The second-order valence-corrected chi connectivity index (χ2v) is 10.9. The standard InChI is InChI=1S/C27H32ClN3O2.ClH/c1-26(2)24(27(3,4)25(26)33-21-10-9-20(16-29)22(28)15-21)31-23(32)19-7-5-17(6-8-19)18-11-13-30-14-12-18;/h5-10,15,18,24-25,30H,11-14H2,1-4H3,(H,31,32);1H/t24-,25-;. The lowest BCUT2D eigenvalue weighted by Gasteiger charge is -2.63. The fourth-order valence-electron chi connectivity index (χ4n) is 5.87. The number of piperidine rings is 1. The van der Waals surface area contributed by atoms with E-state index in [4.69, 9.17) is 21.6 Å². The van der Waals surface area contributed by atoms with Crippen LogP contribution in [-0.4, -0.2) is 31.1 Å². The number of carbonyl (C=O) groups is 1. The Bertz CT molecular complexity index is 1050. The number of carbonyl (C=O) groups excluding carboxylic acids is 1. The van der Waals surface area contributed by atoms with Crippen molar-refractivity contribution in [3.05, 3.63) is 64.2 Å². The molecule has 34 heavy (non-hydrogen) atoms. The molecular weight excluding hydrogens is 469 g/mol. The molecule has 2 N–H and O–H groups in total. The number of ether oxygens (including phenoxy) is 1. The molecule has 4 rings (SSSR count). The lowest BCUT2D eigenvalue weighted by molar-refractivity contribution is -0.164. The molecule has 0 aromatic heterocycles. The molecule has 1 saturated heterocycles. The van der Waals surface area contributed by atoms with Gasteiger partial charge in [-0.2, -0.15) is 5.26 Å². The summed E-state index contributed by atoms with van der Waals surface area (Å²) in [4.78, 5) is 13.1. The van der Waals surface area contributed by atoms with E-state index < -0.39 is 0 Å². The van der Waals surface area contributed by atoms with Gasteiger partial charge in [0.25, 0.3) is 5.91 Å². The minimum absolute atomic E-state index is 0. The number of hydrogen-bond acceptors (Lipinski definition) is 4. The van der Waals surface area contributed by atoms with Crippen molar-refractivity contribution in [2.24, 2.45) is 10.8 Å². The summed E-state index contributed by atoms with van der Waals surface area (Å²) in [5, 5.41) is 16.1. The zero-order valence-electron chi connectivity index (χ0n) is 20.2. The molecule has 1 amide bonds.